The molecular weight excluding hydrogens is 278 g/mol. The van der Waals surface area contributed by atoms with Crippen LogP contribution < -0.4 is 16.2 Å². The third-order valence-corrected chi connectivity index (χ3v) is 3.76. The standard InChI is InChI=1S/C22H19N/c23-17-22-11-5-4-10-20(22)12-6-7-18-13-15-21(16-14-18)19-8-2-1-3-9-19/h1-17H,23H2/b7-6-,20-12-,22-17+. The van der Waals surface area contributed by atoms with Crippen molar-refractivity contribution in [2.24, 2.45) is 5.73 Å². The van der Waals surface area contributed by atoms with E-state index in [1.54, 1.807) is 6.20 Å². The van der Waals surface area contributed by atoms with Crippen molar-refractivity contribution in [3.8, 4) is 11.1 Å². The molecule has 0 unspecified atom stereocenters. The number of rotatable bonds is 3. The highest BCUT2D eigenvalue weighted by Crippen LogP contribution is 2.19. The molecule has 2 N–H and O–H groups in total. The van der Waals surface area contributed by atoms with Gasteiger partial charge in [-0.25, -0.2) is 0 Å². The van der Waals surface area contributed by atoms with E-state index in [1.807, 2.05) is 24.3 Å². The van der Waals surface area contributed by atoms with Gasteiger partial charge in [-0.05, 0) is 27.1 Å². The van der Waals surface area contributed by atoms with E-state index in [1.165, 1.54) is 16.7 Å². The van der Waals surface area contributed by atoms with E-state index in [-0.39, 0.29) is 0 Å². The molecule has 0 saturated heterocycles. The predicted molar refractivity (Wildman–Crippen MR) is 99.7 cm³/mol. The third kappa shape index (κ3) is 3.78. The smallest absolute Gasteiger partial charge is 0.00175 e. The average Bonchev–Trinajstić information content (AvgIpc) is 2.63. The first-order chi connectivity index (χ1) is 11.4. The second-order valence-corrected chi connectivity index (χ2v) is 5.31. The summed E-state index contributed by atoms with van der Waals surface area (Å²) in [6, 6.07) is 27.0. The molecule has 0 radical (unpaired) electrons. The Morgan fingerprint density at radius 3 is 1.91 bits per heavy atom. The van der Waals surface area contributed by atoms with Crippen molar-refractivity contribution in [2.45, 2.75) is 0 Å². The molecule has 0 aliphatic heterocycles. The Hall–Kier alpha value is -3.06. The molecule has 0 bridgehead atoms. The van der Waals surface area contributed by atoms with Gasteiger partial charge in [0.1, 0.15) is 0 Å². The lowest BCUT2D eigenvalue weighted by atomic mass is 10.0. The maximum Gasteiger partial charge on any atom is 0.00175 e. The van der Waals surface area contributed by atoms with Gasteiger partial charge < -0.3 is 5.73 Å². The van der Waals surface area contributed by atoms with Gasteiger partial charge in [0.25, 0.3) is 0 Å². The highest BCUT2D eigenvalue weighted by molar-refractivity contribution is 5.66. The van der Waals surface area contributed by atoms with Crippen LogP contribution in [0.4, 0.5) is 0 Å². The van der Waals surface area contributed by atoms with Crippen LogP contribution in [-0.4, -0.2) is 0 Å². The first kappa shape index (κ1) is 14.9. The largest absolute Gasteiger partial charge is 0.404 e. The summed E-state index contributed by atoms with van der Waals surface area (Å²) in [6.45, 7) is 0. The number of hydrogen-bond acceptors (Lipinski definition) is 1. The summed E-state index contributed by atoms with van der Waals surface area (Å²) in [7, 11) is 0. The monoisotopic (exact) mass is 297 g/mol. The second-order valence-electron chi connectivity index (χ2n) is 5.31. The molecule has 0 amide bonds. The van der Waals surface area contributed by atoms with Crippen molar-refractivity contribution < 1.29 is 0 Å². The number of nitrogens with two attached hydrogens (primary N) is 1. The molecule has 23 heavy (non-hydrogen) atoms. The topological polar surface area (TPSA) is 26.0 Å². The molecule has 3 aromatic carbocycles. The molecule has 0 fully saturated rings. The van der Waals surface area contributed by atoms with Crippen molar-refractivity contribution in [1.82, 2.24) is 0 Å². The Morgan fingerprint density at radius 1 is 0.609 bits per heavy atom. The van der Waals surface area contributed by atoms with Gasteiger partial charge in [-0.2, -0.15) is 0 Å². The zero-order valence-electron chi connectivity index (χ0n) is 12.9. The Labute approximate surface area is 136 Å². The van der Waals surface area contributed by atoms with E-state index in [2.05, 4.69) is 72.8 Å². The molecular formula is C22H19N. The zero-order valence-corrected chi connectivity index (χ0v) is 12.9. The van der Waals surface area contributed by atoms with Crippen LogP contribution in [0.5, 0.6) is 0 Å². The van der Waals surface area contributed by atoms with Gasteiger partial charge in [-0.15, -0.1) is 0 Å². The summed E-state index contributed by atoms with van der Waals surface area (Å²) >= 11 is 0. The van der Waals surface area contributed by atoms with E-state index in [0.29, 0.717) is 0 Å². The minimum atomic E-state index is 1.04. The van der Waals surface area contributed by atoms with Crippen molar-refractivity contribution in [1.29, 1.82) is 0 Å². The molecule has 0 aliphatic carbocycles. The summed E-state index contributed by atoms with van der Waals surface area (Å²) in [5.41, 5.74) is 9.28. The molecule has 1 nitrogen and oxygen atoms in total. The summed E-state index contributed by atoms with van der Waals surface area (Å²) < 4.78 is 0. The Kier molecular flexibility index (Phi) is 4.70. The summed E-state index contributed by atoms with van der Waals surface area (Å²) in [6.07, 6.45) is 7.86. The van der Waals surface area contributed by atoms with Crippen molar-refractivity contribution in [2.75, 3.05) is 0 Å². The lowest BCUT2D eigenvalue weighted by molar-refractivity contribution is 1.49. The third-order valence-electron chi connectivity index (χ3n) is 3.76. The molecule has 0 atom stereocenters. The van der Waals surface area contributed by atoms with E-state index < -0.39 is 0 Å². The summed E-state index contributed by atoms with van der Waals surface area (Å²) in [4.78, 5) is 0. The maximum absolute atomic E-state index is 5.64. The molecule has 1 heteroatoms. The van der Waals surface area contributed by atoms with Crippen LogP contribution in [0.3, 0.4) is 0 Å². The summed E-state index contributed by atoms with van der Waals surface area (Å²) in [5, 5.41) is 2.16. The van der Waals surface area contributed by atoms with Crippen molar-refractivity contribution in [3.05, 3.63) is 101 Å². The minimum absolute atomic E-state index is 1.04. The van der Waals surface area contributed by atoms with Gasteiger partial charge >= 0.3 is 0 Å². The van der Waals surface area contributed by atoms with Gasteiger partial charge in [-0.1, -0.05) is 97.1 Å². The van der Waals surface area contributed by atoms with Gasteiger partial charge in [-0.3, -0.25) is 0 Å². The molecule has 112 valence electrons. The van der Waals surface area contributed by atoms with E-state index >= 15 is 0 Å². The van der Waals surface area contributed by atoms with Crippen LogP contribution in [0.1, 0.15) is 5.56 Å². The fourth-order valence-electron chi connectivity index (χ4n) is 2.49. The van der Waals surface area contributed by atoms with Gasteiger partial charge in [0.2, 0.25) is 0 Å². The predicted octanol–water partition coefficient (Wildman–Crippen LogP) is 3.54. The first-order valence-electron chi connectivity index (χ1n) is 7.68. The van der Waals surface area contributed by atoms with E-state index in [9.17, 15) is 0 Å². The first-order valence-corrected chi connectivity index (χ1v) is 7.68. The molecule has 3 aromatic rings. The van der Waals surface area contributed by atoms with Crippen molar-refractivity contribution >= 4 is 18.4 Å². The number of allylic oxidation sites excluding steroid dienone is 1. The highest BCUT2D eigenvalue weighted by atomic mass is 14.5. The molecule has 0 heterocycles. The van der Waals surface area contributed by atoms with Gasteiger partial charge in [0.05, 0.1) is 0 Å². The minimum Gasteiger partial charge on any atom is -0.404 e. The molecule has 0 aliphatic rings. The van der Waals surface area contributed by atoms with Crippen LogP contribution in [-0.2, 0) is 0 Å². The SMILES string of the molecule is N\C=c1/cccc/c1=C/C=C\c1ccc(-c2ccccc2)cc1. The fraction of sp³-hybridized carbons (Fsp3) is 0. The average molecular weight is 297 g/mol. The van der Waals surface area contributed by atoms with Crippen molar-refractivity contribution in [3.63, 3.8) is 0 Å². The lowest BCUT2D eigenvalue weighted by Gasteiger charge is -2.01. The Balaban J connectivity index is 1.81. The molecule has 0 saturated carbocycles. The molecule has 0 spiro atoms. The van der Waals surface area contributed by atoms with Gasteiger partial charge in [0.15, 0.2) is 0 Å². The lowest BCUT2D eigenvalue weighted by Crippen LogP contribution is -2.24. The Bertz CT molecular complexity index is 904. The maximum atomic E-state index is 5.64. The normalized spacial score (nSPS) is 12.9. The van der Waals surface area contributed by atoms with Crippen LogP contribution >= 0.6 is 0 Å². The van der Waals surface area contributed by atoms with Crippen LogP contribution in [0.25, 0.3) is 29.5 Å². The molecule has 0 aromatic heterocycles. The summed E-state index contributed by atoms with van der Waals surface area (Å²) in [5.74, 6) is 0. The van der Waals surface area contributed by atoms with E-state index in [4.69, 9.17) is 5.73 Å². The fourth-order valence-corrected chi connectivity index (χ4v) is 2.49. The zero-order chi connectivity index (χ0) is 15.9. The van der Waals surface area contributed by atoms with Crippen LogP contribution in [0.2, 0.25) is 0 Å². The quantitative estimate of drug-likeness (QED) is 0.786. The highest BCUT2D eigenvalue weighted by Gasteiger charge is 1.95. The Morgan fingerprint density at radius 2 is 1.22 bits per heavy atom. The molecule has 3 rings (SSSR count). The van der Waals surface area contributed by atoms with Crippen LogP contribution in [0.15, 0.2) is 84.9 Å². The van der Waals surface area contributed by atoms with E-state index in [0.717, 1.165) is 10.4 Å². The number of hydrogen-bond donors (Lipinski definition) is 1. The number of benzene rings is 3. The van der Waals surface area contributed by atoms with Gasteiger partial charge in [0, 0.05) is 6.20 Å². The second kappa shape index (κ2) is 7.28. The van der Waals surface area contributed by atoms with Crippen LogP contribution in [0, 0.1) is 0 Å².